The van der Waals surface area contributed by atoms with Crippen molar-refractivity contribution in [3.63, 3.8) is 0 Å². The van der Waals surface area contributed by atoms with Crippen LogP contribution in [0.3, 0.4) is 0 Å². The molecule has 0 spiro atoms. The Morgan fingerprint density at radius 2 is 1.95 bits per heavy atom. The quantitative estimate of drug-likeness (QED) is 0.136. The Hall–Kier alpha value is -3.81. The molecule has 1 aromatic carbocycles. The number of anilines is 1. The molecule has 0 aliphatic heterocycles. The average Bonchev–Trinajstić information content (AvgIpc) is 2.84. The highest BCUT2D eigenvalue weighted by atomic mass is 19.1. The van der Waals surface area contributed by atoms with Crippen LogP contribution in [0.2, 0.25) is 0 Å². The molecule has 3 aliphatic rings. The highest BCUT2D eigenvalue weighted by Gasteiger charge is 2.60. The van der Waals surface area contributed by atoms with Gasteiger partial charge in [-0.2, -0.15) is 0 Å². The molecule has 1 unspecified atom stereocenters. The number of hydrogen-bond acceptors (Lipinski definition) is 10. The van der Waals surface area contributed by atoms with Crippen LogP contribution in [0.5, 0.6) is 5.75 Å². The molecule has 13 heteroatoms. The van der Waals surface area contributed by atoms with Gasteiger partial charge in [0.05, 0.1) is 17.8 Å². The molecular weight excluding hydrogens is 505 g/mol. The zero-order valence-corrected chi connectivity index (χ0v) is 20.5. The Labute approximate surface area is 216 Å². The van der Waals surface area contributed by atoms with Crippen molar-refractivity contribution in [2.45, 2.75) is 31.3 Å². The van der Waals surface area contributed by atoms with Crippen LogP contribution >= 0.6 is 0 Å². The SMILES string of the molecule is COCCCNCC(=O)Nc1cc(F)c2c(c1O)C(O)=C1C(=O)[C@]3(O)C(O)=C(C(N)=O)C(=O)C[C@@H]3CC1C2. The monoisotopic (exact) mass is 533 g/mol. The number of aromatic hydroxyl groups is 1. The fourth-order valence-corrected chi connectivity index (χ4v) is 5.48. The summed E-state index contributed by atoms with van der Waals surface area (Å²) in [6, 6.07) is 0.897. The number of carbonyl (C=O) groups is 4. The number of ketones is 2. The van der Waals surface area contributed by atoms with Gasteiger partial charge < -0.3 is 41.5 Å². The second-order valence-corrected chi connectivity index (χ2v) is 9.59. The van der Waals surface area contributed by atoms with Gasteiger partial charge in [-0.25, -0.2) is 4.39 Å². The van der Waals surface area contributed by atoms with E-state index >= 15 is 4.39 Å². The number of aliphatic hydroxyl groups is 3. The molecule has 0 bridgehead atoms. The van der Waals surface area contributed by atoms with E-state index in [1.165, 1.54) is 0 Å². The number of phenolic OH excluding ortho intramolecular Hbond substituents is 1. The molecule has 2 amide bonds. The molecule has 1 saturated carbocycles. The van der Waals surface area contributed by atoms with Crippen molar-refractivity contribution in [1.29, 1.82) is 0 Å². The van der Waals surface area contributed by atoms with Gasteiger partial charge in [-0.1, -0.05) is 0 Å². The maximum Gasteiger partial charge on any atom is 0.255 e. The normalized spacial score (nSPS) is 24.6. The van der Waals surface area contributed by atoms with Crippen molar-refractivity contribution >= 4 is 34.8 Å². The number of phenols is 1. The lowest BCUT2D eigenvalue weighted by Crippen LogP contribution is -2.58. The summed E-state index contributed by atoms with van der Waals surface area (Å²) in [4.78, 5) is 49.9. The summed E-state index contributed by atoms with van der Waals surface area (Å²) >= 11 is 0. The van der Waals surface area contributed by atoms with Crippen molar-refractivity contribution in [2.75, 3.05) is 32.1 Å². The van der Waals surface area contributed by atoms with Crippen molar-refractivity contribution < 1.29 is 48.7 Å². The molecule has 3 aliphatic carbocycles. The standard InChI is InChI=1S/C25H28FN3O9/c1-38-4-2-3-28-9-16(31)29-14-8-13(26)12-6-10-5-11-7-15(30)19(24(27)36)23(35)25(11,37)22(34)17(10)21(33)18(12)20(14)32/h8,10-11,28,32-33,35,37H,2-7,9H2,1H3,(H2,27,36)(H,29,31)/t10?,11-,25-/m0/s1. The van der Waals surface area contributed by atoms with Gasteiger partial charge in [0, 0.05) is 43.3 Å². The van der Waals surface area contributed by atoms with Crippen LogP contribution in [0.15, 0.2) is 23.0 Å². The number of fused-ring (bicyclic) bond motifs is 3. The Balaban J connectivity index is 1.70. The first-order chi connectivity index (χ1) is 17.9. The molecule has 204 valence electrons. The third kappa shape index (κ3) is 4.31. The highest BCUT2D eigenvalue weighted by molar-refractivity contribution is 6.22. The fourth-order valence-electron chi connectivity index (χ4n) is 5.48. The molecule has 0 radical (unpaired) electrons. The minimum Gasteiger partial charge on any atom is -0.508 e. The third-order valence-electron chi connectivity index (χ3n) is 7.27. The van der Waals surface area contributed by atoms with Crippen LogP contribution in [0.1, 0.15) is 30.4 Å². The maximum atomic E-state index is 15.1. The second kappa shape index (κ2) is 10.2. The fraction of sp³-hybridized carbons (Fsp3) is 0.440. The molecule has 38 heavy (non-hydrogen) atoms. The second-order valence-electron chi connectivity index (χ2n) is 9.59. The van der Waals surface area contributed by atoms with Gasteiger partial charge in [-0.15, -0.1) is 0 Å². The van der Waals surface area contributed by atoms with Gasteiger partial charge in [0.25, 0.3) is 5.91 Å². The summed E-state index contributed by atoms with van der Waals surface area (Å²) < 4.78 is 20.1. The smallest absolute Gasteiger partial charge is 0.255 e. The predicted molar refractivity (Wildman–Crippen MR) is 129 cm³/mol. The lowest BCUT2D eigenvalue weighted by molar-refractivity contribution is -0.147. The number of aliphatic hydroxyl groups excluding tert-OH is 2. The van der Waals surface area contributed by atoms with E-state index in [0.29, 0.717) is 19.6 Å². The van der Waals surface area contributed by atoms with Crippen LogP contribution in [-0.2, 0) is 30.3 Å². The van der Waals surface area contributed by atoms with E-state index < -0.39 is 87.0 Å². The Bertz CT molecular complexity index is 1310. The number of primary amides is 1. The number of methoxy groups -OCH3 is 1. The van der Waals surface area contributed by atoms with Gasteiger partial charge >= 0.3 is 0 Å². The van der Waals surface area contributed by atoms with Crippen LogP contribution in [-0.4, -0.2) is 76.2 Å². The molecule has 12 nitrogen and oxygen atoms in total. The maximum absolute atomic E-state index is 15.1. The number of benzene rings is 1. The van der Waals surface area contributed by atoms with E-state index in [1.54, 1.807) is 7.11 Å². The summed E-state index contributed by atoms with van der Waals surface area (Å²) in [6.07, 6.45) is -0.119. The van der Waals surface area contributed by atoms with E-state index in [0.717, 1.165) is 6.07 Å². The van der Waals surface area contributed by atoms with Gasteiger partial charge in [0.15, 0.2) is 17.1 Å². The first-order valence-electron chi connectivity index (χ1n) is 11.9. The minimum absolute atomic E-state index is 0.115. The van der Waals surface area contributed by atoms with E-state index in [-0.39, 0.29) is 30.6 Å². The first-order valence-corrected chi connectivity index (χ1v) is 11.9. The van der Waals surface area contributed by atoms with Crippen molar-refractivity contribution in [3.8, 4) is 5.75 Å². The van der Waals surface area contributed by atoms with Crippen molar-refractivity contribution in [2.24, 2.45) is 17.6 Å². The van der Waals surface area contributed by atoms with Gasteiger partial charge in [0.1, 0.15) is 22.9 Å². The molecule has 0 aromatic heterocycles. The van der Waals surface area contributed by atoms with Crippen LogP contribution < -0.4 is 16.4 Å². The zero-order chi connectivity index (χ0) is 27.9. The molecule has 1 aromatic rings. The summed E-state index contributed by atoms with van der Waals surface area (Å²) in [5.74, 6) is -9.59. The lowest BCUT2D eigenvalue weighted by atomic mass is 9.59. The van der Waals surface area contributed by atoms with Crippen molar-refractivity contribution in [3.05, 3.63) is 39.9 Å². The molecule has 3 atom stereocenters. The van der Waals surface area contributed by atoms with Crippen LogP contribution in [0, 0.1) is 17.7 Å². The molecule has 0 saturated heterocycles. The summed E-state index contributed by atoms with van der Waals surface area (Å²) in [6.45, 7) is 0.801. The first kappa shape index (κ1) is 27.2. The molecular formula is C25H28FN3O9. The predicted octanol–water partition coefficient (Wildman–Crippen LogP) is 0.128. The number of hydrogen-bond donors (Lipinski definition) is 7. The lowest BCUT2D eigenvalue weighted by Gasteiger charge is -2.46. The third-order valence-corrected chi connectivity index (χ3v) is 7.27. The number of carbonyl (C=O) groups excluding carboxylic acids is 4. The number of ether oxygens (including phenoxy) is 1. The van der Waals surface area contributed by atoms with E-state index in [1.807, 2.05) is 0 Å². The van der Waals surface area contributed by atoms with E-state index in [4.69, 9.17) is 10.5 Å². The number of amides is 2. The number of Topliss-reactive ketones (excluding diaryl/α,β-unsaturated/α-hetero) is 2. The van der Waals surface area contributed by atoms with E-state index in [9.17, 15) is 39.6 Å². The summed E-state index contributed by atoms with van der Waals surface area (Å²) in [7, 11) is 1.54. The van der Waals surface area contributed by atoms with Gasteiger partial charge in [-0.3, -0.25) is 19.2 Å². The molecule has 1 fully saturated rings. The van der Waals surface area contributed by atoms with Crippen molar-refractivity contribution in [1.82, 2.24) is 5.32 Å². The molecule has 0 heterocycles. The van der Waals surface area contributed by atoms with Crippen LogP contribution in [0.4, 0.5) is 10.1 Å². The molecule has 4 rings (SSSR count). The number of halogens is 1. The molecule has 8 N–H and O–H groups in total. The number of nitrogens with two attached hydrogens (primary N) is 1. The van der Waals surface area contributed by atoms with Crippen LogP contribution in [0.25, 0.3) is 5.76 Å². The highest BCUT2D eigenvalue weighted by Crippen LogP contribution is 2.53. The average molecular weight is 534 g/mol. The summed E-state index contributed by atoms with van der Waals surface area (Å²) in [5, 5.41) is 48.9. The van der Waals surface area contributed by atoms with Gasteiger partial charge in [0.2, 0.25) is 11.7 Å². The number of nitrogens with one attached hydrogen (secondary N) is 2. The Kier molecular flexibility index (Phi) is 7.28. The Morgan fingerprint density at radius 1 is 1.24 bits per heavy atom. The minimum atomic E-state index is -2.72. The van der Waals surface area contributed by atoms with E-state index in [2.05, 4.69) is 10.6 Å². The number of rotatable bonds is 8. The Morgan fingerprint density at radius 3 is 2.61 bits per heavy atom. The van der Waals surface area contributed by atoms with Gasteiger partial charge in [-0.05, 0) is 31.7 Å². The largest absolute Gasteiger partial charge is 0.508 e. The topological polar surface area (TPSA) is 209 Å². The summed E-state index contributed by atoms with van der Waals surface area (Å²) in [5.41, 5.74) is 0.221. The zero-order valence-electron chi connectivity index (χ0n) is 20.5.